The highest BCUT2D eigenvalue weighted by Gasteiger charge is 2.07. The minimum Gasteiger partial charge on any atom is -0.383 e. The molecule has 0 aliphatic heterocycles. The number of benzene rings is 1. The Balaban J connectivity index is 2.43. The zero-order valence-corrected chi connectivity index (χ0v) is 10.7. The SMILES string of the molecule is C=C(C)COCCNc1ccc([N+](=O)[O-])cc1C. The van der Waals surface area contributed by atoms with Crippen molar-refractivity contribution in [2.24, 2.45) is 0 Å². The average molecular weight is 250 g/mol. The van der Waals surface area contributed by atoms with Crippen LogP contribution < -0.4 is 5.32 Å². The van der Waals surface area contributed by atoms with E-state index in [1.165, 1.54) is 6.07 Å². The molecule has 0 aromatic heterocycles. The first-order valence-corrected chi connectivity index (χ1v) is 5.71. The normalized spacial score (nSPS) is 10.1. The molecule has 0 unspecified atom stereocenters. The van der Waals surface area contributed by atoms with E-state index in [0.29, 0.717) is 19.8 Å². The molecule has 0 amide bonds. The zero-order chi connectivity index (χ0) is 13.5. The molecule has 1 rings (SSSR count). The predicted octanol–water partition coefficient (Wildman–Crippen LogP) is 2.91. The number of hydrogen-bond donors (Lipinski definition) is 1. The van der Waals surface area contributed by atoms with Crippen LogP contribution in [-0.2, 0) is 4.74 Å². The second-order valence-electron chi connectivity index (χ2n) is 4.19. The number of hydrogen-bond acceptors (Lipinski definition) is 4. The third-order valence-electron chi connectivity index (χ3n) is 2.33. The van der Waals surface area contributed by atoms with Crippen molar-refractivity contribution >= 4 is 11.4 Å². The van der Waals surface area contributed by atoms with Gasteiger partial charge >= 0.3 is 0 Å². The third kappa shape index (κ3) is 4.55. The van der Waals surface area contributed by atoms with Gasteiger partial charge in [0.2, 0.25) is 0 Å². The Morgan fingerprint density at radius 2 is 2.28 bits per heavy atom. The Labute approximate surface area is 107 Å². The molecule has 98 valence electrons. The van der Waals surface area contributed by atoms with Gasteiger partial charge in [0.1, 0.15) is 0 Å². The van der Waals surface area contributed by atoms with E-state index in [4.69, 9.17) is 4.74 Å². The van der Waals surface area contributed by atoms with Crippen LogP contribution in [0.25, 0.3) is 0 Å². The Bertz CT molecular complexity index is 444. The van der Waals surface area contributed by atoms with Gasteiger partial charge in [-0.15, -0.1) is 0 Å². The fourth-order valence-electron chi connectivity index (χ4n) is 1.46. The molecule has 5 heteroatoms. The van der Waals surface area contributed by atoms with Crippen LogP contribution >= 0.6 is 0 Å². The first-order chi connectivity index (χ1) is 8.50. The van der Waals surface area contributed by atoms with E-state index in [0.717, 1.165) is 16.8 Å². The lowest BCUT2D eigenvalue weighted by molar-refractivity contribution is -0.384. The number of non-ortho nitro benzene ring substituents is 1. The van der Waals surface area contributed by atoms with Gasteiger partial charge < -0.3 is 10.1 Å². The Morgan fingerprint density at radius 3 is 2.83 bits per heavy atom. The molecule has 1 aromatic rings. The lowest BCUT2D eigenvalue weighted by Crippen LogP contribution is -2.11. The number of ether oxygens (including phenoxy) is 1. The molecule has 0 saturated carbocycles. The standard InChI is InChI=1S/C13H18N2O3/c1-10(2)9-18-7-6-14-13-5-4-12(15(16)17)8-11(13)3/h4-5,8,14H,1,6-7,9H2,2-3H3. The largest absolute Gasteiger partial charge is 0.383 e. The number of nitrogens with one attached hydrogen (secondary N) is 1. The summed E-state index contributed by atoms with van der Waals surface area (Å²) in [5.41, 5.74) is 2.83. The Morgan fingerprint density at radius 1 is 1.56 bits per heavy atom. The molecule has 0 saturated heterocycles. The molecular formula is C13H18N2O3. The van der Waals surface area contributed by atoms with Gasteiger partial charge in [0.05, 0.1) is 18.1 Å². The van der Waals surface area contributed by atoms with Crippen LogP contribution in [0.5, 0.6) is 0 Å². The van der Waals surface area contributed by atoms with Crippen molar-refractivity contribution in [3.8, 4) is 0 Å². The van der Waals surface area contributed by atoms with Crippen molar-refractivity contribution in [1.82, 2.24) is 0 Å². The first-order valence-electron chi connectivity index (χ1n) is 5.71. The highest BCUT2D eigenvalue weighted by atomic mass is 16.6. The van der Waals surface area contributed by atoms with Crippen molar-refractivity contribution in [3.05, 3.63) is 46.0 Å². The quantitative estimate of drug-likeness (QED) is 0.350. The number of nitrogens with zero attached hydrogens (tertiary/aromatic N) is 1. The number of nitro benzene ring substituents is 1. The van der Waals surface area contributed by atoms with E-state index in [9.17, 15) is 10.1 Å². The molecule has 1 N–H and O–H groups in total. The Hall–Kier alpha value is -1.88. The minimum absolute atomic E-state index is 0.108. The molecule has 0 bridgehead atoms. The summed E-state index contributed by atoms with van der Waals surface area (Å²) >= 11 is 0. The molecule has 18 heavy (non-hydrogen) atoms. The molecule has 1 aromatic carbocycles. The first kappa shape index (κ1) is 14.2. The number of aryl methyl sites for hydroxylation is 1. The minimum atomic E-state index is -0.396. The number of rotatable bonds is 7. The van der Waals surface area contributed by atoms with Gasteiger partial charge in [-0.05, 0) is 25.5 Å². The molecular weight excluding hydrogens is 232 g/mol. The smallest absolute Gasteiger partial charge is 0.269 e. The lowest BCUT2D eigenvalue weighted by atomic mass is 10.2. The molecule has 0 atom stereocenters. The predicted molar refractivity (Wildman–Crippen MR) is 72.0 cm³/mol. The van der Waals surface area contributed by atoms with Gasteiger partial charge in [0, 0.05) is 24.4 Å². The van der Waals surface area contributed by atoms with E-state index in [-0.39, 0.29) is 5.69 Å². The van der Waals surface area contributed by atoms with E-state index in [1.807, 2.05) is 13.8 Å². The maximum absolute atomic E-state index is 10.6. The van der Waals surface area contributed by atoms with Crippen molar-refractivity contribution in [3.63, 3.8) is 0 Å². The summed E-state index contributed by atoms with van der Waals surface area (Å²) in [5.74, 6) is 0. The summed E-state index contributed by atoms with van der Waals surface area (Å²) in [7, 11) is 0. The van der Waals surface area contributed by atoms with E-state index in [1.54, 1.807) is 12.1 Å². The van der Waals surface area contributed by atoms with Crippen molar-refractivity contribution < 1.29 is 9.66 Å². The summed E-state index contributed by atoms with van der Waals surface area (Å²) in [6.45, 7) is 9.28. The summed E-state index contributed by atoms with van der Waals surface area (Å²) in [6.07, 6.45) is 0. The van der Waals surface area contributed by atoms with Crippen LogP contribution in [0.1, 0.15) is 12.5 Å². The maximum atomic E-state index is 10.6. The second kappa shape index (κ2) is 6.76. The van der Waals surface area contributed by atoms with Crippen LogP contribution in [0.4, 0.5) is 11.4 Å². The molecule has 0 aliphatic carbocycles. The van der Waals surface area contributed by atoms with Crippen LogP contribution in [0.3, 0.4) is 0 Å². The Kier molecular flexibility index (Phi) is 5.32. The topological polar surface area (TPSA) is 64.4 Å². The van der Waals surface area contributed by atoms with Crippen LogP contribution in [0.2, 0.25) is 0 Å². The fourth-order valence-corrected chi connectivity index (χ4v) is 1.46. The van der Waals surface area contributed by atoms with Crippen LogP contribution in [0, 0.1) is 17.0 Å². The average Bonchev–Trinajstić information content (AvgIpc) is 2.29. The third-order valence-corrected chi connectivity index (χ3v) is 2.33. The summed E-state index contributed by atoms with van der Waals surface area (Å²) in [6, 6.07) is 4.76. The second-order valence-corrected chi connectivity index (χ2v) is 4.19. The van der Waals surface area contributed by atoms with E-state index < -0.39 is 4.92 Å². The molecule has 0 fully saturated rings. The maximum Gasteiger partial charge on any atom is 0.269 e. The van der Waals surface area contributed by atoms with Gasteiger partial charge in [-0.2, -0.15) is 0 Å². The van der Waals surface area contributed by atoms with Gasteiger partial charge in [-0.3, -0.25) is 10.1 Å². The van der Waals surface area contributed by atoms with Gasteiger partial charge in [0.15, 0.2) is 0 Å². The summed E-state index contributed by atoms with van der Waals surface area (Å²) in [5, 5.41) is 13.8. The molecule has 0 radical (unpaired) electrons. The van der Waals surface area contributed by atoms with Crippen LogP contribution in [0.15, 0.2) is 30.4 Å². The summed E-state index contributed by atoms with van der Waals surface area (Å²) in [4.78, 5) is 10.2. The van der Waals surface area contributed by atoms with Gasteiger partial charge in [-0.25, -0.2) is 0 Å². The number of nitro groups is 1. The van der Waals surface area contributed by atoms with E-state index in [2.05, 4.69) is 11.9 Å². The molecule has 0 spiro atoms. The molecule has 0 aliphatic rings. The monoisotopic (exact) mass is 250 g/mol. The molecule has 5 nitrogen and oxygen atoms in total. The van der Waals surface area contributed by atoms with Gasteiger partial charge in [-0.1, -0.05) is 12.2 Å². The van der Waals surface area contributed by atoms with Crippen LogP contribution in [-0.4, -0.2) is 24.7 Å². The zero-order valence-electron chi connectivity index (χ0n) is 10.7. The van der Waals surface area contributed by atoms with Crippen molar-refractivity contribution in [2.75, 3.05) is 25.1 Å². The highest BCUT2D eigenvalue weighted by Crippen LogP contribution is 2.20. The summed E-state index contributed by atoms with van der Waals surface area (Å²) < 4.78 is 5.35. The lowest BCUT2D eigenvalue weighted by Gasteiger charge is -2.09. The van der Waals surface area contributed by atoms with E-state index >= 15 is 0 Å². The van der Waals surface area contributed by atoms with Gasteiger partial charge in [0.25, 0.3) is 5.69 Å². The molecule has 0 heterocycles. The van der Waals surface area contributed by atoms with Crippen molar-refractivity contribution in [2.45, 2.75) is 13.8 Å². The van der Waals surface area contributed by atoms with Crippen molar-refractivity contribution in [1.29, 1.82) is 0 Å². The fraction of sp³-hybridized carbons (Fsp3) is 0.385. The highest BCUT2D eigenvalue weighted by molar-refractivity contribution is 5.55. The number of anilines is 1.